The van der Waals surface area contributed by atoms with Crippen molar-refractivity contribution in [3.8, 4) is 0 Å². The van der Waals surface area contributed by atoms with Gasteiger partial charge < -0.3 is 5.09 Å². The van der Waals surface area contributed by atoms with Gasteiger partial charge in [-0.25, -0.2) is 4.99 Å². The van der Waals surface area contributed by atoms with Crippen LogP contribution in [0.5, 0.6) is 0 Å². The van der Waals surface area contributed by atoms with Gasteiger partial charge in [0.25, 0.3) is 0 Å². The third kappa shape index (κ3) is 3.90. The van der Waals surface area contributed by atoms with Gasteiger partial charge in [-0.3, -0.25) is 0 Å². The molecule has 0 bridgehead atoms. The first-order chi connectivity index (χ1) is 11.8. The molecule has 120 valence electrons. The maximum absolute atomic E-state index is 4.68. The van der Waals surface area contributed by atoms with Crippen LogP contribution in [0.1, 0.15) is 11.1 Å². The molecular weight excluding hydrogens is 311 g/mol. The quantitative estimate of drug-likeness (QED) is 0.412. The van der Waals surface area contributed by atoms with E-state index in [1.807, 2.05) is 18.5 Å². The number of aliphatic imine (C=N–C) groups is 1. The summed E-state index contributed by atoms with van der Waals surface area (Å²) in [6.45, 7) is 4.19. The summed E-state index contributed by atoms with van der Waals surface area (Å²) in [5.74, 6) is 0. The Labute approximate surface area is 145 Å². The molecule has 0 heterocycles. The summed E-state index contributed by atoms with van der Waals surface area (Å²) in [6, 6.07) is 27.3. The SMILES string of the molecule is Cc1cccc(C)c1/N=C/NP(c1ccccc1)c1ccccc1. The molecule has 0 fully saturated rings. The first-order valence-electron chi connectivity index (χ1n) is 8.01. The van der Waals surface area contributed by atoms with Crippen molar-refractivity contribution in [1.29, 1.82) is 0 Å². The van der Waals surface area contributed by atoms with Crippen molar-refractivity contribution >= 4 is 30.7 Å². The minimum absolute atomic E-state index is 0.666. The average Bonchev–Trinajstić information content (AvgIpc) is 2.62. The highest BCUT2D eigenvalue weighted by Crippen LogP contribution is 2.28. The van der Waals surface area contributed by atoms with Gasteiger partial charge in [-0.2, -0.15) is 0 Å². The van der Waals surface area contributed by atoms with Crippen LogP contribution >= 0.6 is 8.07 Å². The molecule has 3 aromatic carbocycles. The fourth-order valence-corrected chi connectivity index (χ4v) is 4.32. The van der Waals surface area contributed by atoms with Crippen LogP contribution in [-0.4, -0.2) is 6.34 Å². The Morgan fingerprint density at radius 2 is 1.21 bits per heavy atom. The molecule has 24 heavy (non-hydrogen) atoms. The highest BCUT2D eigenvalue weighted by atomic mass is 31.1. The van der Waals surface area contributed by atoms with E-state index in [-0.39, 0.29) is 0 Å². The van der Waals surface area contributed by atoms with Crippen LogP contribution in [0.3, 0.4) is 0 Å². The molecule has 0 spiro atoms. The van der Waals surface area contributed by atoms with E-state index >= 15 is 0 Å². The second-order valence-corrected chi connectivity index (χ2v) is 7.60. The summed E-state index contributed by atoms with van der Waals surface area (Å²) in [5, 5.41) is 6.10. The molecule has 0 atom stereocenters. The van der Waals surface area contributed by atoms with Crippen LogP contribution < -0.4 is 15.7 Å². The van der Waals surface area contributed by atoms with Gasteiger partial charge in [-0.05, 0) is 25.0 Å². The molecule has 0 aromatic heterocycles. The van der Waals surface area contributed by atoms with E-state index in [0.717, 1.165) is 5.69 Å². The van der Waals surface area contributed by atoms with Crippen molar-refractivity contribution in [2.75, 3.05) is 0 Å². The summed E-state index contributed by atoms with van der Waals surface area (Å²) in [4.78, 5) is 4.68. The lowest BCUT2D eigenvalue weighted by molar-refractivity contribution is 1.32. The molecule has 3 rings (SSSR count). The number of benzene rings is 3. The number of rotatable bonds is 5. The second-order valence-electron chi connectivity index (χ2n) is 5.63. The molecule has 3 heteroatoms. The lowest BCUT2D eigenvalue weighted by Gasteiger charge is -2.18. The van der Waals surface area contributed by atoms with Crippen LogP contribution in [0.4, 0.5) is 5.69 Å². The second kappa shape index (κ2) is 7.90. The predicted octanol–water partition coefficient (Wildman–Crippen LogP) is 4.60. The fraction of sp³-hybridized carbons (Fsp3) is 0.0952. The summed E-state index contributed by atoms with van der Waals surface area (Å²) in [7, 11) is -0.666. The van der Waals surface area contributed by atoms with Crippen molar-refractivity contribution in [3.63, 3.8) is 0 Å². The van der Waals surface area contributed by atoms with Crippen molar-refractivity contribution in [2.24, 2.45) is 4.99 Å². The molecule has 0 amide bonds. The number of hydrogen-bond donors (Lipinski definition) is 1. The normalized spacial score (nSPS) is 11.1. The van der Waals surface area contributed by atoms with Crippen LogP contribution in [0.15, 0.2) is 83.9 Å². The number of hydrogen-bond acceptors (Lipinski definition) is 1. The summed E-state index contributed by atoms with van der Waals surface area (Å²) < 4.78 is 0. The lowest BCUT2D eigenvalue weighted by atomic mass is 10.1. The van der Waals surface area contributed by atoms with Crippen LogP contribution in [0.2, 0.25) is 0 Å². The van der Waals surface area contributed by atoms with Crippen molar-refractivity contribution < 1.29 is 0 Å². The Morgan fingerprint density at radius 3 is 1.71 bits per heavy atom. The summed E-state index contributed by atoms with van der Waals surface area (Å²) in [5.41, 5.74) is 3.43. The molecule has 1 N–H and O–H groups in total. The van der Waals surface area contributed by atoms with Gasteiger partial charge in [-0.1, -0.05) is 78.9 Å². The molecule has 0 radical (unpaired) electrons. The monoisotopic (exact) mass is 332 g/mol. The van der Waals surface area contributed by atoms with E-state index in [1.54, 1.807) is 0 Å². The van der Waals surface area contributed by atoms with Crippen LogP contribution in [0.25, 0.3) is 0 Å². The molecule has 0 saturated heterocycles. The summed E-state index contributed by atoms with van der Waals surface area (Å²) in [6.07, 6.45) is 1.85. The standard InChI is InChI=1S/C21H21N2P/c1-17-10-9-11-18(2)21(17)22-16-23-24(19-12-5-3-6-13-19)20-14-7-4-8-15-20/h3-16H,1-2H3,(H,22,23). The fourth-order valence-electron chi connectivity index (χ4n) is 2.61. The van der Waals surface area contributed by atoms with Crippen molar-refractivity contribution in [3.05, 3.63) is 90.0 Å². The zero-order valence-electron chi connectivity index (χ0n) is 14.0. The zero-order chi connectivity index (χ0) is 16.8. The van der Waals surface area contributed by atoms with E-state index in [2.05, 4.69) is 90.7 Å². The first kappa shape index (κ1) is 16.4. The predicted molar refractivity (Wildman–Crippen MR) is 106 cm³/mol. The third-order valence-corrected chi connectivity index (χ3v) is 5.85. The lowest BCUT2D eigenvalue weighted by Crippen LogP contribution is -2.22. The summed E-state index contributed by atoms with van der Waals surface area (Å²) >= 11 is 0. The van der Waals surface area contributed by atoms with Crippen LogP contribution in [-0.2, 0) is 0 Å². The van der Waals surface area contributed by atoms with E-state index in [4.69, 9.17) is 0 Å². The molecule has 0 saturated carbocycles. The van der Waals surface area contributed by atoms with Gasteiger partial charge >= 0.3 is 0 Å². The number of aryl methyl sites for hydroxylation is 2. The molecule has 0 aliphatic carbocycles. The molecule has 0 aliphatic heterocycles. The van der Waals surface area contributed by atoms with Gasteiger partial charge in [0.15, 0.2) is 0 Å². The van der Waals surface area contributed by atoms with Crippen molar-refractivity contribution in [2.45, 2.75) is 13.8 Å². The smallest absolute Gasteiger partial charge is 0.0923 e. The van der Waals surface area contributed by atoms with Gasteiger partial charge in [-0.15, -0.1) is 0 Å². The van der Waals surface area contributed by atoms with E-state index in [1.165, 1.54) is 21.7 Å². The Balaban J connectivity index is 1.87. The Kier molecular flexibility index (Phi) is 5.40. The molecule has 3 aromatic rings. The first-order valence-corrected chi connectivity index (χ1v) is 9.35. The Morgan fingerprint density at radius 1 is 0.708 bits per heavy atom. The molecule has 0 aliphatic rings. The van der Waals surface area contributed by atoms with Gasteiger partial charge in [0.05, 0.1) is 20.1 Å². The third-order valence-electron chi connectivity index (χ3n) is 3.85. The average molecular weight is 332 g/mol. The maximum atomic E-state index is 4.68. The van der Waals surface area contributed by atoms with Gasteiger partial charge in [0, 0.05) is 10.6 Å². The highest BCUT2D eigenvalue weighted by molar-refractivity contribution is 7.71. The number of para-hydroxylation sites is 1. The maximum Gasteiger partial charge on any atom is 0.0923 e. The van der Waals surface area contributed by atoms with Crippen LogP contribution in [0, 0.1) is 13.8 Å². The Hall–Kier alpha value is -2.44. The number of nitrogens with one attached hydrogen (secondary N) is 1. The van der Waals surface area contributed by atoms with Gasteiger partial charge in [0.2, 0.25) is 0 Å². The highest BCUT2D eigenvalue weighted by Gasteiger charge is 2.11. The minimum atomic E-state index is -0.666. The largest absolute Gasteiger partial charge is 0.348 e. The molecule has 0 unspecified atom stereocenters. The minimum Gasteiger partial charge on any atom is -0.348 e. The Bertz CT molecular complexity index is 754. The van der Waals surface area contributed by atoms with E-state index < -0.39 is 8.07 Å². The number of nitrogens with zero attached hydrogens (tertiary/aromatic N) is 1. The van der Waals surface area contributed by atoms with E-state index in [0.29, 0.717) is 0 Å². The van der Waals surface area contributed by atoms with Gasteiger partial charge in [0.1, 0.15) is 0 Å². The van der Waals surface area contributed by atoms with Crippen molar-refractivity contribution in [1.82, 2.24) is 5.09 Å². The topological polar surface area (TPSA) is 24.4 Å². The zero-order valence-corrected chi connectivity index (χ0v) is 14.9. The molecular formula is C21H21N2P. The van der Waals surface area contributed by atoms with E-state index in [9.17, 15) is 0 Å². The molecule has 2 nitrogen and oxygen atoms in total.